The van der Waals surface area contributed by atoms with Crippen molar-refractivity contribution in [2.45, 2.75) is 33.8 Å². The highest BCUT2D eigenvalue weighted by atomic mass is 16.5. The van der Waals surface area contributed by atoms with Gasteiger partial charge in [0.1, 0.15) is 6.61 Å². The summed E-state index contributed by atoms with van der Waals surface area (Å²) in [4.78, 5) is 0. The maximum Gasteiger partial charge on any atom is 0.106 e. The van der Waals surface area contributed by atoms with E-state index < -0.39 is 0 Å². The van der Waals surface area contributed by atoms with Crippen LogP contribution in [0.1, 0.15) is 27.7 Å². The van der Waals surface area contributed by atoms with E-state index in [2.05, 4.69) is 20.8 Å². The van der Waals surface area contributed by atoms with Crippen molar-refractivity contribution >= 4 is 0 Å². The lowest BCUT2D eigenvalue weighted by atomic mass is 9.90. The van der Waals surface area contributed by atoms with Gasteiger partial charge in [-0.05, 0) is 12.3 Å². The summed E-state index contributed by atoms with van der Waals surface area (Å²) in [5.41, 5.74) is 0.148. The molecule has 0 aromatic rings. The van der Waals surface area contributed by atoms with Gasteiger partial charge in [0, 0.05) is 0 Å². The molecular weight excluding hydrogens is 128 g/mol. The summed E-state index contributed by atoms with van der Waals surface area (Å²) >= 11 is 0. The molecule has 61 valence electrons. The Morgan fingerprint density at radius 2 is 1.90 bits per heavy atom. The minimum Gasteiger partial charge on any atom is -0.375 e. The Balaban J connectivity index is 3.52. The summed E-state index contributed by atoms with van der Waals surface area (Å²) in [6, 6.07) is 0. The largest absolute Gasteiger partial charge is 0.375 e. The zero-order chi connectivity index (χ0) is 8.20. The van der Waals surface area contributed by atoms with Crippen LogP contribution >= 0.6 is 0 Å². The van der Waals surface area contributed by atoms with Crippen molar-refractivity contribution in [3.8, 4) is 0 Å². The van der Waals surface area contributed by atoms with Gasteiger partial charge in [-0.1, -0.05) is 20.8 Å². The van der Waals surface area contributed by atoms with Gasteiger partial charge in [-0.15, -0.1) is 0 Å². The molecule has 0 aliphatic rings. The Morgan fingerprint density at radius 3 is 2.20 bits per heavy atom. The zero-order valence-corrected chi connectivity index (χ0v) is 7.31. The first-order valence-corrected chi connectivity index (χ1v) is 3.68. The van der Waals surface area contributed by atoms with Crippen LogP contribution in [0.5, 0.6) is 0 Å². The van der Waals surface area contributed by atoms with Gasteiger partial charge in [0.15, 0.2) is 0 Å². The number of ether oxygens (including phenoxy) is 1. The molecule has 0 aliphatic carbocycles. The molecule has 10 heavy (non-hydrogen) atoms. The molecule has 0 heterocycles. The van der Waals surface area contributed by atoms with Crippen LogP contribution in [0.15, 0.2) is 0 Å². The molecule has 0 N–H and O–H groups in total. The second-order valence-electron chi connectivity index (χ2n) is 3.58. The summed E-state index contributed by atoms with van der Waals surface area (Å²) in [5, 5.41) is 10.0. The predicted molar refractivity (Wildman–Crippen MR) is 40.4 cm³/mol. The van der Waals surface area contributed by atoms with E-state index >= 15 is 0 Å². The summed E-state index contributed by atoms with van der Waals surface area (Å²) < 4.78 is 5.24. The van der Waals surface area contributed by atoms with E-state index in [4.69, 9.17) is 4.74 Å². The van der Waals surface area contributed by atoms with Crippen LogP contribution in [-0.2, 0) is 9.84 Å². The molecule has 0 spiro atoms. The van der Waals surface area contributed by atoms with E-state index in [9.17, 15) is 5.11 Å². The third-order valence-electron chi connectivity index (χ3n) is 1.67. The first-order valence-electron chi connectivity index (χ1n) is 3.68. The maximum absolute atomic E-state index is 10.0. The summed E-state index contributed by atoms with van der Waals surface area (Å²) in [7, 11) is 0. The second-order valence-corrected chi connectivity index (χ2v) is 3.58. The van der Waals surface area contributed by atoms with Crippen molar-refractivity contribution in [3.05, 3.63) is 0 Å². The number of hydrogen-bond acceptors (Lipinski definition) is 1. The van der Waals surface area contributed by atoms with Crippen LogP contribution in [0.25, 0.3) is 0 Å². The van der Waals surface area contributed by atoms with Gasteiger partial charge in [-0.25, -0.2) is 5.11 Å². The van der Waals surface area contributed by atoms with Gasteiger partial charge in [0.05, 0.1) is 12.7 Å². The summed E-state index contributed by atoms with van der Waals surface area (Å²) in [6.45, 7) is 8.49. The van der Waals surface area contributed by atoms with Crippen molar-refractivity contribution in [2.24, 2.45) is 5.41 Å². The van der Waals surface area contributed by atoms with Gasteiger partial charge in [-0.2, -0.15) is 0 Å². The van der Waals surface area contributed by atoms with Crippen molar-refractivity contribution in [1.82, 2.24) is 0 Å². The molecule has 0 aromatic heterocycles. The molecule has 2 heteroatoms. The van der Waals surface area contributed by atoms with Crippen molar-refractivity contribution in [3.63, 3.8) is 0 Å². The van der Waals surface area contributed by atoms with E-state index in [-0.39, 0.29) is 18.1 Å². The minimum absolute atomic E-state index is 0.138. The van der Waals surface area contributed by atoms with Gasteiger partial charge < -0.3 is 4.74 Å². The van der Waals surface area contributed by atoms with E-state index in [1.165, 1.54) is 0 Å². The third kappa shape index (κ3) is 3.85. The summed E-state index contributed by atoms with van der Waals surface area (Å²) in [6.07, 6.45) is 0.168. The topological polar surface area (TPSA) is 29.1 Å². The minimum atomic E-state index is -0.138. The first kappa shape index (κ1) is 9.92. The highest BCUT2D eigenvalue weighted by molar-refractivity contribution is 4.69. The van der Waals surface area contributed by atoms with Crippen molar-refractivity contribution in [1.29, 1.82) is 0 Å². The lowest BCUT2D eigenvalue weighted by Crippen LogP contribution is -2.26. The average molecular weight is 145 g/mol. The number of hydrogen-bond donors (Lipinski definition) is 0. The molecule has 0 fully saturated rings. The maximum atomic E-state index is 10.0. The Hall–Kier alpha value is -0.0800. The van der Waals surface area contributed by atoms with Crippen LogP contribution in [0, 0.1) is 5.41 Å². The Morgan fingerprint density at radius 1 is 1.40 bits per heavy atom. The van der Waals surface area contributed by atoms with Crippen molar-refractivity contribution in [2.75, 3.05) is 13.2 Å². The number of rotatable bonds is 3. The fraction of sp³-hybridized carbons (Fsp3) is 1.00. The normalized spacial score (nSPS) is 15.3. The molecule has 1 radical (unpaired) electrons. The lowest BCUT2D eigenvalue weighted by Gasteiger charge is -2.26. The molecule has 1 unspecified atom stereocenters. The van der Waals surface area contributed by atoms with Crippen LogP contribution in [0.2, 0.25) is 0 Å². The highest BCUT2D eigenvalue weighted by Crippen LogP contribution is 2.21. The zero-order valence-electron chi connectivity index (χ0n) is 7.31. The van der Waals surface area contributed by atoms with Gasteiger partial charge >= 0.3 is 0 Å². The second kappa shape index (κ2) is 3.94. The Labute approximate surface area is 63.2 Å². The van der Waals surface area contributed by atoms with Crippen molar-refractivity contribution < 1.29 is 9.84 Å². The lowest BCUT2D eigenvalue weighted by molar-refractivity contribution is -0.0297. The quantitative estimate of drug-likeness (QED) is 0.596. The molecule has 2 nitrogen and oxygen atoms in total. The average Bonchev–Trinajstić information content (AvgIpc) is 1.80. The molecule has 1 atom stereocenters. The fourth-order valence-corrected chi connectivity index (χ4v) is 0.475. The smallest absolute Gasteiger partial charge is 0.106 e. The van der Waals surface area contributed by atoms with Crippen LogP contribution in [0.3, 0.4) is 0 Å². The SMILES string of the molecule is CC(OCC[O])C(C)(C)C. The van der Waals surface area contributed by atoms with Crippen LogP contribution in [0.4, 0.5) is 0 Å². The van der Waals surface area contributed by atoms with Crippen LogP contribution in [-0.4, -0.2) is 19.3 Å². The highest BCUT2D eigenvalue weighted by Gasteiger charge is 2.19. The van der Waals surface area contributed by atoms with Gasteiger partial charge in [-0.3, -0.25) is 0 Å². The van der Waals surface area contributed by atoms with E-state index in [0.717, 1.165) is 0 Å². The molecular formula is C8H17O2. The molecule has 0 saturated carbocycles. The predicted octanol–water partition coefficient (Wildman–Crippen LogP) is 1.87. The monoisotopic (exact) mass is 145 g/mol. The molecule has 0 rings (SSSR count). The molecule has 0 amide bonds. The Bertz CT molecular complexity index is 83.7. The molecule has 0 bridgehead atoms. The van der Waals surface area contributed by atoms with Gasteiger partial charge in [0.25, 0.3) is 0 Å². The van der Waals surface area contributed by atoms with E-state index in [0.29, 0.717) is 6.61 Å². The van der Waals surface area contributed by atoms with E-state index in [1.54, 1.807) is 0 Å². The van der Waals surface area contributed by atoms with Gasteiger partial charge in [0.2, 0.25) is 0 Å². The first-order chi connectivity index (χ1) is 4.48. The molecule has 0 aromatic carbocycles. The third-order valence-corrected chi connectivity index (χ3v) is 1.67. The Kier molecular flexibility index (Phi) is 3.91. The molecule has 0 aliphatic heterocycles. The summed E-state index contributed by atoms with van der Waals surface area (Å²) in [5.74, 6) is 0. The fourth-order valence-electron chi connectivity index (χ4n) is 0.475. The van der Waals surface area contributed by atoms with Crippen LogP contribution < -0.4 is 0 Å². The standard InChI is InChI=1S/C8H17O2/c1-7(8(2,3)4)10-6-5-9/h7H,5-6H2,1-4H3. The molecule has 0 saturated heterocycles. The van der Waals surface area contributed by atoms with E-state index in [1.807, 2.05) is 6.92 Å².